The number of aliphatic hydroxyl groups excluding tert-OH is 1. The number of aliphatic hydroxyl groups is 1. The van der Waals surface area contributed by atoms with Crippen LogP contribution in [0.25, 0.3) is 0 Å². The molecule has 14 heavy (non-hydrogen) atoms. The van der Waals surface area contributed by atoms with Crippen LogP contribution >= 0.6 is 0 Å². The number of rotatable bonds is 6. The molecule has 0 aromatic carbocycles. The van der Waals surface area contributed by atoms with Gasteiger partial charge in [-0.05, 0) is 31.3 Å². The Kier molecular flexibility index (Phi) is 4.53. The molecule has 80 valence electrons. The summed E-state index contributed by atoms with van der Waals surface area (Å²) in [6.07, 6.45) is 7.71. The first-order chi connectivity index (χ1) is 6.81. The lowest BCUT2D eigenvalue weighted by atomic mass is 10.2. The number of hydrogen-bond donors (Lipinski definition) is 3. The Bertz CT molecular complexity index is 229. The summed E-state index contributed by atoms with van der Waals surface area (Å²) in [4.78, 5) is 0. The summed E-state index contributed by atoms with van der Waals surface area (Å²) in [6.45, 7) is 2.08. The van der Waals surface area contributed by atoms with Crippen LogP contribution < -0.4 is 10.6 Å². The Morgan fingerprint density at radius 1 is 1.50 bits per heavy atom. The molecule has 0 heterocycles. The Labute approximate surface area is 85.9 Å². The SMILES string of the molecule is CC/C=C(/C=C(\NC)C1CC1)NCO. The van der Waals surface area contributed by atoms with Gasteiger partial charge in [0.1, 0.15) is 6.73 Å². The highest BCUT2D eigenvalue weighted by atomic mass is 16.3. The van der Waals surface area contributed by atoms with Gasteiger partial charge in [-0.1, -0.05) is 13.0 Å². The molecular weight excluding hydrogens is 176 g/mol. The molecule has 0 spiro atoms. The lowest BCUT2D eigenvalue weighted by Crippen LogP contribution is -2.16. The van der Waals surface area contributed by atoms with E-state index in [0.29, 0.717) is 5.92 Å². The Morgan fingerprint density at radius 3 is 2.64 bits per heavy atom. The zero-order valence-electron chi connectivity index (χ0n) is 9.01. The minimum absolute atomic E-state index is 0.00993. The predicted octanol–water partition coefficient (Wildman–Crippen LogP) is 1.33. The lowest BCUT2D eigenvalue weighted by molar-refractivity contribution is 0.276. The highest BCUT2D eigenvalue weighted by Gasteiger charge is 2.25. The van der Waals surface area contributed by atoms with Crippen molar-refractivity contribution in [3.63, 3.8) is 0 Å². The number of nitrogens with one attached hydrogen (secondary N) is 2. The van der Waals surface area contributed by atoms with Crippen molar-refractivity contribution in [2.75, 3.05) is 13.8 Å². The van der Waals surface area contributed by atoms with Gasteiger partial charge in [0.05, 0.1) is 0 Å². The van der Waals surface area contributed by atoms with Gasteiger partial charge in [-0.15, -0.1) is 0 Å². The molecule has 0 amide bonds. The fraction of sp³-hybridized carbons (Fsp3) is 0.636. The van der Waals surface area contributed by atoms with Crippen molar-refractivity contribution in [1.29, 1.82) is 0 Å². The van der Waals surface area contributed by atoms with E-state index in [4.69, 9.17) is 5.11 Å². The smallest absolute Gasteiger partial charge is 0.113 e. The molecule has 0 aromatic rings. The first kappa shape index (κ1) is 11.1. The van der Waals surface area contributed by atoms with E-state index in [2.05, 4.69) is 29.7 Å². The van der Waals surface area contributed by atoms with Crippen LogP contribution in [0.4, 0.5) is 0 Å². The summed E-state index contributed by atoms with van der Waals surface area (Å²) in [6, 6.07) is 0. The molecule has 3 N–H and O–H groups in total. The van der Waals surface area contributed by atoms with E-state index in [0.717, 1.165) is 12.1 Å². The molecule has 1 rings (SSSR count). The second kappa shape index (κ2) is 5.70. The third kappa shape index (κ3) is 3.42. The van der Waals surface area contributed by atoms with Crippen molar-refractivity contribution in [3.05, 3.63) is 23.5 Å². The second-order valence-electron chi connectivity index (χ2n) is 3.53. The molecule has 0 atom stereocenters. The van der Waals surface area contributed by atoms with Gasteiger partial charge in [-0.3, -0.25) is 0 Å². The highest BCUT2D eigenvalue weighted by Crippen LogP contribution is 2.35. The van der Waals surface area contributed by atoms with Crippen LogP contribution in [0.2, 0.25) is 0 Å². The maximum atomic E-state index is 8.80. The number of allylic oxidation sites excluding steroid dienone is 3. The van der Waals surface area contributed by atoms with Crippen LogP contribution in [0, 0.1) is 5.92 Å². The topological polar surface area (TPSA) is 44.3 Å². The van der Waals surface area contributed by atoms with Crippen molar-refractivity contribution in [3.8, 4) is 0 Å². The van der Waals surface area contributed by atoms with Crippen LogP contribution in [0.1, 0.15) is 26.2 Å². The van der Waals surface area contributed by atoms with E-state index < -0.39 is 0 Å². The quantitative estimate of drug-likeness (QED) is 0.443. The van der Waals surface area contributed by atoms with Gasteiger partial charge in [0.15, 0.2) is 0 Å². The predicted molar refractivity (Wildman–Crippen MR) is 58.5 cm³/mol. The Balaban J connectivity index is 2.62. The highest BCUT2D eigenvalue weighted by molar-refractivity contribution is 5.24. The minimum atomic E-state index is -0.00993. The average Bonchev–Trinajstić information content (AvgIpc) is 2.98. The van der Waals surface area contributed by atoms with Crippen LogP contribution in [0.15, 0.2) is 23.5 Å². The third-order valence-electron chi connectivity index (χ3n) is 2.32. The molecule has 0 aromatic heterocycles. The lowest BCUT2D eigenvalue weighted by Gasteiger charge is -2.08. The third-order valence-corrected chi connectivity index (χ3v) is 2.32. The van der Waals surface area contributed by atoms with E-state index in [-0.39, 0.29) is 6.73 Å². The largest absolute Gasteiger partial charge is 0.391 e. The van der Waals surface area contributed by atoms with Crippen molar-refractivity contribution in [2.45, 2.75) is 26.2 Å². The minimum Gasteiger partial charge on any atom is -0.391 e. The van der Waals surface area contributed by atoms with Gasteiger partial charge >= 0.3 is 0 Å². The standard InChI is InChI=1S/C11H20N2O/c1-3-4-10(13-8-14)7-11(12-2)9-5-6-9/h4,7,9,12-14H,3,5-6,8H2,1-2H3/b10-4-,11-7-. The molecule has 0 saturated heterocycles. The fourth-order valence-corrected chi connectivity index (χ4v) is 1.45. The molecule has 1 saturated carbocycles. The molecule has 0 unspecified atom stereocenters. The zero-order chi connectivity index (χ0) is 10.4. The van der Waals surface area contributed by atoms with Crippen molar-refractivity contribution in [2.24, 2.45) is 5.92 Å². The second-order valence-corrected chi connectivity index (χ2v) is 3.53. The molecule has 0 aliphatic heterocycles. The van der Waals surface area contributed by atoms with Crippen LogP contribution in [-0.2, 0) is 0 Å². The van der Waals surface area contributed by atoms with Crippen molar-refractivity contribution < 1.29 is 5.11 Å². The van der Waals surface area contributed by atoms with Gasteiger partial charge in [0.25, 0.3) is 0 Å². The Morgan fingerprint density at radius 2 is 2.21 bits per heavy atom. The molecule has 1 aliphatic carbocycles. The summed E-state index contributed by atoms with van der Waals surface area (Å²) in [7, 11) is 1.95. The normalized spacial score (nSPS) is 18.2. The Hall–Kier alpha value is -0.960. The summed E-state index contributed by atoms with van der Waals surface area (Å²) >= 11 is 0. The van der Waals surface area contributed by atoms with E-state index in [1.54, 1.807) is 0 Å². The molecule has 1 fully saturated rings. The maximum absolute atomic E-state index is 8.80. The van der Waals surface area contributed by atoms with Gasteiger partial charge in [-0.25, -0.2) is 0 Å². The summed E-state index contributed by atoms with van der Waals surface area (Å²) in [5.41, 5.74) is 2.27. The molecule has 3 nitrogen and oxygen atoms in total. The van der Waals surface area contributed by atoms with E-state index >= 15 is 0 Å². The summed E-state index contributed by atoms with van der Waals surface area (Å²) < 4.78 is 0. The van der Waals surface area contributed by atoms with E-state index in [1.165, 1.54) is 18.5 Å². The molecule has 1 aliphatic rings. The van der Waals surface area contributed by atoms with Crippen LogP contribution in [-0.4, -0.2) is 18.9 Å². The number of hydrogen-bond acceptors (Lipinski definition) is 3. The molecule has 0 radical (unpaired) electrons. The van der Waals surface area contributed by atoms with Gasteiger partial charge in [-0.2, -0.15) is 0 Å². The monoisotopic (exact) mass is 196 g/mol. The van der Waals surface area contributed by atoms with Crippen LogP contribution in [0.3, 0.4) is 0 Å². The maximum Gasteiger partial charge on any atom is 0.113 e. The van der Waals surface area contributed by atoms with Gasteiger partial charge in [0.2, 0.25) is 0 Å². The van der Waals surface area contributed by atoms with Gasteiger partial charge < -0.3 is 15.7 Å². The molecule has 3 heteroatoms. The first-order valence-electron chi connectivity index (χ1n) is 5.26. The summed E-state index contributed by atoms with van der Waals surface area (Å²) in [5, 5.41) is 14.9. The summed E-state index contributed by atoms with van der Waals surface area (Å²) in [5.74, 6) is 0.709. The van der Waals surface area contributed by atoms with Gasteiger partial charge in [0, 0.05) is 18.4 Å². The van der Waals surface area contributed by atoms with Crippen molar-refractivity contribution >= 4 is 0 Å². The van der Waals surface area contributed by atoms with Crippen molar-refractivity contribution in [1.82, 2.24) is 10.6 Å². The average molecular weight is 196 g/mol. The molecule has 0 bridgehead atoms. The first-order valence-corrected chi connectivity index (χ1v) is 5.26. The zero-order valence-corrected chi connectivity index (χ0v) is 9.01. The van der Waals surface area contributed by atoms with E-state index in [9.17, 15) is 0 Å². The van der Waals surface area contributed by atoms with Crippen LogP contribution in [0.5, 0.6) is 0 Å². The fourth-order valence-electron chi connectivity index (χ4n) is 1.45. The van der Waals surface area contributed by atoms with E-state index in [1.807, 2.05) is 7.05 Å². The molecular formula is C11H20N2O.